The number of rotatable bonds is 4. The van der Waals surface area contributed by atoms with Gasteiger partial charge in [-0.2, -0.15) is 0 Å². The van der Waals surface area contributed by atoms with E-state index in [9.17, 15) is 9.59 Å². The molecule has 1 aromatic carbocycles. The summed E-state index contributed by atoms with van der Waals surface area (Å²) in [7, 11) is 0. The van der Waals surface area contributed by atoms with Crippen LogP contribution in [-0.4, -0.2) is 60.6 Å². The second-order valence-electron chi connectivity index (χ2n) is 9.11. The smallest absolute Gasteiger partial charge is 0.317 e. The SMILES string of the molecule is Cc1ccc(C2(CNC(=O)N3CCC(N4CCNC4=O)CC3)CCCC2)c(C)c1. The second kappa shape index (κ2) is 8.25. The minimum absolute atomic E-state index is 0.0459. The van der Waals surface area contributed by atoms with E-state index in [-0.39, 0.29) is 23.5 Å². The van der Waals surface area contributed by atoms with E-state index in [4.69, 9.17) is 0 Å². The zero-order valence-electron chi connectivity index (χ0n) is 17.8. The van der Waals surface area contributed by atoms with Gasteiger partial charge in [-0.3, -0.25) is 0 Å². The Morgan fingerprint density at radius 1 is 1.17 bits per heavy atom. The van der Waals surface area contributed by atoms with E-state index >= 15 is 0 Å². The molecule has 1 aromatic rings. The topological polar surface area (TPSA) is 64.7 Å². The molecule has 4 amide bonds. The highest BCUT2D eigenvalue weighted by Crippen LogP contribution is 2.42. The Kier molecular flexibility index (Phi) is 5.70. The van der Waals surface area contributed by atoms with Crippen LogP contribution in [0, 0.1) is 13.8 Å². The van der Waals surface area contributed by atoms with Crippen molar-refractivity contribution in [2.45, 2.75) is 63.8 Å². The van der Waals surface area contributed by atoms with Crippen LogP contribution < -0.4 is 10.6 Å². The van der Waals surface area contributed by atoms with Gasteiger partial charge in [-0.05, 0) is 50.7 Å². The van der Waals surface area contributed by atoms with E-state index < -0.39 is 0 Å². The van der Waals surface area contributed by atoms with Crippen LogP contribution in [0.15, 0.2) is 18.2 Å². The maximum atomic E-state index is 12.9. The third-order valence-electron chi connectivity index (χ3n) is 7.17. The molecule has 0 atom stereocenters. The summed E-state index contributed by atoms with van der Waals surface area (Å²) >= 11 is 0. The highest BCUT2D eigenvalue weighted by Gasteiger charge is 2.38. The first-order valence-corrected chi connectivity index (χ1v) is 11.1. The molecule has 0 bridgehead atoms. The lowest BCUT2D eigenvalue weighted by Crippen LogP contribution is -2.51. The molecule has 2 aliphatic heterocycles. The van der Waals surface area contributed by atoms with Crippen molar-refractivity contribution in [3.63, 3.8) is 0 Å². The molecular formula is C23H34N4O2. The normalized spacial score (nSPS) is 22.1. The van der Waals surface area contributed by atoms with Gasteiger partial charge in [0.1, 0.15) is 0 Å². The fourth-order valence-electron chi connectivity index (χ4n) is 5.57. The van der Waals surface area contributed by atoms with Crippen molar-refractivity contribution in [1.29, 1.82) is 0 Å². The van der Waals surface area contributed by atoms with Crippen molar-refractivity contribution < 1.29 is 9.59 Å². The molecule has 1 saturated carbocycles. The standard InChI is InChI=1S/C23H34N4O2/c1-17-5-6-20(18(2)15-17)23(9-3-4-10-23)16-25-21(28)26-12-7-19(8-13-26)27-14-11-24-22(27)29/h5-6,15,19H,3-4,7-14,16H2,1-2H3,(H,24,29)(H,25,28). The molecule has 158 valence electrons. The van der Waals surface area contributed by atoms with Gasteiger partial charge < -0.3 is 20.4 Å². The number of amides is 4. The maximum absolute atomic E-state index is 12.9. The molecule has 3 fully saturated rings. The van der Waals surface area contributed by atoms with Crippen LogP contribution in [0.4, 0.5) is 9.59 Å². The van der Waals surface area contributed by atoms with Gasteiger partial charge in [0.05, 0.1) is 0 Å². The van der Waals surface area contributed by atoms with Gasteiger partial charge in [0.15, 0.2) is 0 Å². The highest BCUT2D eigenvalue weighted by atomic mass is 16.2. The summed E-state index contributed by atoms with van der Waals surface area (Å²) in [6, 6.07) is 7.09. The number of benzene rings is 1. The van der Waals surface area contributed by atoms with Crippen LogP contribution in [-0.2, 0) is 5.41 Å². The van der Waals surface area contributed by atoms with E-state index in [1.807, 2.05) is 9.80 Å². The molecule has 2 heterocycles. The van der Waals surface area contributed by atoms with E-state index in [0.29, 0.717) is 6.54 Å². The van der Waals surface area contributed by atoms with Crippen LogP contribution in [0.5, 0.6) is 0 Å². The summed E-state index contributed by atoms with van der Waals surface area (Å²) in [6.45, 7) is 8.00. The summed E-state index contributed by atoms with van der Waals surface area (Å²) < 4.78 is 0. The summed E-state index contributed by atoms with van der Waals surface area (Å²) in [5.74, 6) is 0. The number of aryl methyl sites for hydroxylation is 2. The van der Waals surface area contributed by atoms with Gasteiger partial charge in [0, 0.05) is 44.2 Å². The predicted octanol–water partition coefficient (Wildman–Crippen LogP) is 3.31. The van der Waals surface area contributed by atoms with E-state index in [1.54, 1.807) is 0 Å². The molecule has 2 N–H and O–H groups in total. The first-order chi connectivity index (χ1) is 14.0. The fraction of sp³-hybridized carbons (Fsp3) is 0.652. The average Bonchev–Trinajstić information content (AvgIpc) is 3.36. The molecule has 0 radical (unpaired) electrons. The zero-order valence-corrected chi connectivity index (χ0v) is 17.8. The molecule has 6 nitrogen and oxygen atoms in total. The minimum Gasteiger partial charge on any atom is -0.337 e. The van der Waals surface area contributed by atoms with Gasteiger partial charge >= 0.3 is 12.1 Å². The van der Waals surface area contributed by atoms with Gasteiger partial charge in [-0.15, -0.1) is 0 Å². The van der Waals surface area contributed by atoms with E-state index in [0.717, 1.165) is 51.9 Å². The van der Waals surface area contributed by atoms with Gasteiger partial charge in [0.25, 0.3) is 0 Å². The van der Waals surface area contributed by atoms with E-state index in [1.165, 1.54) is 29.5 Å². The lowest BCUT2D eigenvalue weighted by atomic mass is 9.76. The molecule has 1 aliphatic carbocycles. The Balaban J connectivity index is 1.35. The Morgan fingerprint density at radius 2 is 1.90 bits per heavy atom. The third kappa shape index (κ3) is 4.07. The van der Waals surface area contributed by atoms with E-state index in [2.05, 4.69) is 42.7 Å². The van der Waals surface area contributed by atoms with Crippen molar-refractivity contribution >= 4 is 12.1 Å². The highest BCUT2D eigenvalue weighted by molar-refractivity contribution is 5.77. The predicted molar refractivity (Wildman–Crippen MR) is 114 cm³/mol. The number of carbonyl (C=O) groups is 2. The second-order valence-corrected chi connectivity index (χ2v) is 9.11. The molecule has 4 rings (SSSR count). The van der Waals surface area contributed by atoms with Crippen LogP contribution in [0.2, 0.25) is 0 Å². The first-order valence-electron chi connectivity index (χ1n) is 11.1. The average molecular weight is 399 g/mol. The van der Waals surface area contributed by atoms with Crippen LogP contribution in [0.25, 0.3) is 0 Å². The molecule has 6 heteroatoms. The fourth-order valence-corrected chi connectivity index (χ4v) is 5.57. The molecule has 0 spiro atoms. The lowest BCUT2D eigenvalue weighted by Gasteiger charge is -2.37. The minimum atomic E-state index is 0.0459. The largest absolute Gasteiger partial charge is 0.337 e. The van der Waals surface area contributed by atoms with Crippen molar-refractivity contribution in [2.24, 2.45) is 0 Å². The van der Waals surface area contributed by atoms with Crippen molar-refractivity contribution in [3.05, 3.63) is 34.9 Å². The number of hydrogen-bond acceptors (Lipinski definition) is 2. The zero-order chi connectivity index (χ0) is 20.4. The van der Waals surface area contributed by atoms with Gasteiger partial charge in [0.2, 0.25) is 0 Å². The first kappa shape index (κ1) is 20.0. The third-order valence-corrected chi connectivity index (χ3v) is 7.17. The Labute approximate surface area is 174 Å². The quantitative estimate of drug-likeness (QED) is 0.817. The van der Waals surface area contributed by atoms with Crippen LogP contribution in [0.3, 0.4) is 0 Å². The summed E-state index contributed by atoms with van der Waals surface area (Å²) in [6.07, 6.45) is 6.47. The molecule has 3 aliphatic rings. The summed E-state index contributed by atoms with van der Waals surface area (Å²) in [5.41, 5.74) is 4.10. The Morgan fingerprint density at radius 3 is 2.52 bits per heavy atom. The van der Waals surface area contributed by atoms with Crippen molar-refractivity contribution in [3.8, 4) is 0 Å². The summed E-state index contributed by atoms with van der Waals surface area (Å²) in [5, 5.41) is 6.14. The molecule has 29 heavy (non-hydrogen) atoms. The number of hydrogen-bond donors (Lipinski definition) is 2. The lowest BCUT2D eigenvalue weighted by molar-refractivity contribution is 0.140. The molecule has 0 aromatic heterocycles. The number of carbonyl (C=O) groups excluding carboxylic acids is 2. The monoisotopic (exact) mass is 398 g/mol. The van der Waals surface area contributed by atoms with Crippen molar-refractivity contribution in [2.75, 3.05) is 32.7 Å². The molecule has 2 saturated heterocycles. The number of nitrogens with zero attached hydrogens (tertiary/aromatic N) is 2. The van der Waals surface area contributed by atoms with Crippen LogP contribution >= 0.6 is 0 Å². The number of urea groups is 2. The van der Waals surface area contributed by atoms with Gasteiger partial charge in [-0.1, -0.05) is 36.6 Å². The number of piperidine rings is 1. The van der Waals surface area contributed by atoms with Gasteiger partial charge in [-0.25, -0.2) is 9.59 Å². The Bertz CT molecular complexity index is 764. The molecule has 0 unspecified atom stereocenters. The maximum Gasteiger partial charge on any atom is 0.317 e. The van der Waals surface area contributed by atoms with Crippen LogP contribution in [0.1, 0.15) is 55.2 Å². The molecular weight excluding hydrogens is 364 g/mol. The summed E-state index contributed by atoms with van der Waals surface area (Å²) in [4.78, 5) is 28.6. The Hall–Kier alpha value is -2.24. The number of likely N-dealkylation sites (tertiary alicyclic amines) is 1. The number of nitrogens with one attached hydrogen (secondary N) is 2. The van der Waals surface area contributed by atoms with Crippen molar-refractivity contribution in [1.82, 2.24) is 20.4 Å².